The second-order valence-corrected chi connectivity index (χ2v) is 17.8. The van der Waals surface area contributed by atoms with Crippen LogP contribution < -0.4 is 15.3 Å². The highest BCUT2D eigenvalue weighted by Gasteiger charge is 1.90. The van der Waals surface area contributed by atoms with Crippen LogP contribution in [0.25, 0.3) is 0 Å². The maximum absolute atomic E-state index is 8.70. The van der Waals surface area contributed by atoms with E-state index in [9.17, 15) is 0 Å². The monoisotopic (exact) mass is 672 g/mol. The SMILES string of the molecule is C[N+](C)(C)C.C[N+](C)(C)C.C[N+](C)(C)C.C[N+](C)(C)C.C[N+](C)(C)C.C[N+](C)(C)C.O=C([O-])[S-].O=C([O-])[S-].O=C([O-])[S-]. The van der Waals surface area contributed by atoms with Crippen molar-refractivity contribution in [3.05, 3.63) is 0 Å². The Morgan fingerprint density at radius 1 is 0.286 bits per heavy atom. The Balaban J connectivity index is -0.0000000417. The molecule has 264 valence electrons. The fraction of sp³-hybridized carbons (Fsp3) is 0.889. The van der Waals surface area contributed by atoms with Crippen molar-refractivity contribution >= 4 is 53.8 Å². The van der Waals surface area contributed by atoms with Crippen LogP contribution in [-0.4, -0.2) is 212 Å². The van der Waals surface area contributed by atoms with Crippen LogP contribution in [0.2, 0.25) is 0 Å². The predicted octanol–water partition coefficient (Wildman–Crippen LogP) is -1.44. The van der Waals surface area contributed by atoms with Crippen molar-refractivity contribution in [1.82, 2.24) is 0 Å². The van der Waals surface area contributed by atoms with E-state index in [4.69, 9.17) is 29.7 Å². The number of hydrogen-bond donors (Lipinski definition) is 0. The van der Waals surface area contributed by atoms with Gasteiger partial charge in [0, 0.05) is 0 Å². The normalized spacial score (nSPS) is 10.3. The number of carboxylic acid groups (broad SMARTS) is 3. The minimum atomic E-state index is -1.50. The average Bonchev–Trinajstić information content (AvgIpc) is 2.31. The summed E-state index contributed by atoms with van der Waals surface area (Å²) in [7, 11) is 51.0. The molecule has 0 rings (SSSR count). The molecule has 0 unspecified atom stereocenters. The number of hydrogen-bond acceptors (Lipinski definition) is 9. The van der Waals surface area contributed by atoms with Gasteiger partial charge in [0.25, 0.3) is 0 Å². The zero-order valence-corrected chi connectivity index (χ0v) is 34.3. The summed E-state index contributed by atoms with van der Waals surface area (Å²) in [6.07, 6.45) is 0. The topological polar surface area (TPSA) is 120 Å². The summed E-state index contributed by atoms with van der Waals surface area (Å²) in [6, 6.07) is 0. The van der Waals surface area contributed by atoms with Crippen molar-refractivity contribution < 1.29 is 56.6 Å². The highest BCUT2D eigenvalue weighted by molar-refractivity contribution is 7.76. The van der Waals surface area contributed by atoms with Crippen molar-refractivity contribution in [2.45, 2.75) is 0 Å². The summed E-state index contributed by atoms with van der Waals surface area (Å²) in [5.41, 5.74) is 0. The maximum Gasteiger partial charge on any atom is 0.0675 e. The molecule has 0 saturated heterocycles. The van der Waals surface area contributed by atoms with E-state index >= 15 is 0 Å². The third kappa shape index (κ3) is 40600. The van der Waals surface area contributed by atoms with Crippen LogP contribution >= 0.6 is 0 Å². The number of nitrogens with zero attached hydrogens (tertiary/aromatic N) is 6. The van der Waals surface area contributed by atoms with Crippen molar-refractivity contribution in [3.63, 3.8) is 0 Å². The molecule has 0 fully saturated rings. The summed E-state index contributed by atoms with van der Waals surface area (Å²) >= 11 is 10.3. The number of rotatable bonds is 0. The molecule has 0 radical (unpaired) electrons. The van der Waals surface area contributed by atoms with Gasteiger partial charge in [-0.15, -0.1) is 0 Å². The van der Waals surface area contributed by atoms with Crippen molar-refractivity contribution in [3.8, 4) is 0 Å². The van der Waals surface area contributed by atoms with Gasteiger partial charge in [-0.05, 0) is 0 Å². The molecule has 0 aliphatic carbocycles. The second-order valence-electron chi connectivity index (χ2n) is 16.8. The van der Waals surface area contributed by atoms with Crippen molar-refractivity contribution in [2.24, 2.45) is 0 Å². The van der Waals surface area contributed by atoms with Gasteiger partial charge in [0.2, 0.25) is 0 Å². The van der Waals surface area contributed by atoms with E-state index in [2.05, 4.69) is 207 Å². The van der Waals surface area contributed by atoms with Gasteiger partial charge in [-0.1, -0.05) is 15.9 Å². The fourth-order valence-corrected chi connectivity index (χ4v) is 0. The first-order valence-electron chi connectivity index (χ1n) is 12.6. The molecule has 0 spiro atoms. The van der Waals surface area contributed by atoms with Crippen LogP contribution in [0.4, 0.5) is 14.4 Å². The van der Waals surface area contributed by atoms with E-state index in [-0.39, 0.29) is 0 Å². The fourth-order valence-electron chi connectivity index (χ4n) is 0. The molecule has 0 aliphatic rings. The minimum absolute atomic E-state index is 1.00. The van der Waals surface area contributed by atoms with Gasteiger partial charge >= 0.3 is 0 Å². The molecule has 0 saturated carbocycles. The Hall–Kier alpha value is -1.17. The number of carbonyl (C=O) groups excluding carboxylic acids is 3. The third-order valence-electron chi connectivity index (χ3n) is 0. The van der Waals surface area contributed by atoms with Gasteiger partial charge < -0.3 is 94.5 Å². The molecule has 0 aromatic heterocycles. The lowest BCUT2D eigenvalue weighted by Crippen LogP contribution is -2.27. The summed E-state index contributed by atoms with van der Waals surface area (Å²) in [4.78, 5) is 26.1. The Kier molecular flexibility index (Phi) is 47.6. The quantitative estimate of drug-likeness (QED) is 0.225. The van der Waals surface area contributed by atoms with Crippen LogP contribution in [0.1, 0.15) is 0 Å². The lowest BCUT2D eigenvalue weighted by molar-refractivity contribution is -0.849. The molecule has 15 heteroatoms. The minimum Gasteiger partial charge on any atom is -0.764 e. The zero-order valence-electron chi connectivity index (χ0n) is 31.9. The first-order chi connectivity index (χ1) is 17.2. The molecule has 0 amide bonds. The molecule has 0 N–H and O–H groups in total. The zero-order chi connectivity index (χ0) is 37.7. The highest BCUT2D eigenvalue weighted by Crippen LogP contribution is 1.75. The first-order valence-corrected chi connectivity index (χ1v) is 13.8. The van der Waals surface area contributed by atoms with Gasteiger partial charge in [-0.2, -0.15) is 0 Å². The molecule has 0 aromatic carbocycles. The van der Waals surface area contributed by atoms with Gasteiger partial charge in [0.1, 0.15) is 0 Å². The summed E-state index contributed by atoms with van der Waals surface area (Å²) in [5.74, 6) is 0. The molecular weight excluding hydrogens is 601 g/mol. The molecule has 0 heterocycles. The largest absolute Gasteiger partial charge is 0.764 e. The molecule has 0 bridgehead atoms. The van der Waals surface area contributed by atoms with Gasteiger partial charge in [0.15, 0.2) is 0 Å². The lowest BCUT2D eigenvalue weighted by atomic mass is 10.8. The molecule has 12 nitrogen and oxygen atoms in total. The van der Waals surface area contributed by atoms with E-state index < -0.39 is 15.9 Å². The predicted molar refractivity (Wildman–Crippen MR) is 182 cm³/mol. The van der Waals surface area contributed by atoms with E-state index in [1.54, 1.807) is 0 Å². The average molecular weight is 673 g/mol. The van der Waals surface area contributed by atoms with E-state index in [1.165, 1.54) is 0 Å². The first kappa shape index (κ1) is 63.9. The van der Waals surface area contributed by atoms with Crippen LogP contribution in [0, 0.1) is 0 Å². The van der Waals surface area contributed by atoms with E-state index in [1.807, 2.05) is 0 Å². The van der Waals surface area contributed by atoms with Crippen LogP contribution in [-0.2, 0) is 37.9 Å². The number of carbonyl (C=O) groups is 3. The summed E-state index contributed by atoms with van der Waals surface area (Å²) < 4.78 is 6.00. The molecule has 42 heavy (non-hydrogen) atoms. The Morgan fingerprint density at radius 2 is 0.286 bits per heavy atom. The van der Waals surface area contributed by atoms with Crippen molar-refractivity contribution in [1.29, 1.82) is 0 Å². The third-order valence-corrected chi connectivity index (χ3v) is 0. The van der Waals surface area contributed by atoms with Crippen LogP contribution in [0.3, 0.4) is 0 Å². The van der Waals surface area contributed by atoms with Gasteiger partial charge in [-0.3, -0.25) is 0 Å². The Bertz CT molecular complexity index is 445. The second kappa shape index (κ2) is 31.3. The lowest BCUT2D eigenvalue weighted by Gasteiger charge is -2.14. The van der Waals surface area contributed by atoms with Gasteiger partial charge in [0.05, 0.1) is 169 Å². The van der Waals surface area contributed by atoms with Crippen LogP contribution in [0.15, 0.2) is 0 Å². The molecule has 0 aliphatic heterocycles. The molecular formula is C27H72N6O6S3. The summed E-state index contributed by atoms with van der Waals surface area (Å²) in [5, 5.41) is 21.6. The Labute approximate surface area is 278 Å². The Morgan fingerprint density at radius 3 is 0.286 bits per heavy atom. The highest BCUT2D eigenvalue weighted by atomic mass is 32.1. The van der Waals surface area contributed by atoms with Gasteiger partial charge in [-0.25, -0.2) is 0 Å². The molecule has 0 aromatic rings. The van der Waals surface area contributed by atoms with Crippen molar-refractivity contribution in [2.75, 3.05) is 169 Å². The van der Waals surface area contributed by atoms with Crippen LogP contribution in [0.5, 0.6) is 0 Å². The smallest absolute Gasteiger partial charge is 0.0675 e. The van der Waals surface area contributed by atoms with E-state index in [0.717, 1.165) is 26.9 Å². The number of quaternary nitrogens is 6. The standard InChI is InChI=1S/6C4H12N.3CH2O2S/c6*1-5(2,3)4;3*2-1(3)4/h6*1-4H3;3*4H,(H,2,3)/q6*+1;;;/p-6. The van der Waals surface area contributed by atoms with E-state index in [0.29, 0.717) is 0 Å². The molecule has 0 atom stereocenters. The summed E-state index contributed by atoms with van der Waals surface area (Å²) in [6.45, 7) is 0. The maximum atomic E-state index is 8.70.